The Bertz CT molecular complexity index is 1330. The third-order valence-corrected chi connectivity index (χ3v) is 7.37. The molecule has 0 radical (unpaired) electrons. The highest BCUT2D eigenvalue weighted by atomic mass is 32.2. The largest absolute Gasteiger partial charge is 0.461 e. The van der Waals surface area contributed by atoms with Crippen LogP contribution in [0.2, 0.25) is 0 Å². The molecular weight excluding hydrogens is 474 g/mol. The van der Waals surface area contributed by atoms with Gasteiger partial charge in [0, 0.05) is 30.0 Å². The van der Waals surface area contributed by atoms with Crippen molar-refractivity contribution >= 4 is 45.6 Å². The lowest BCUT2D eigenvalue weighted by molar-refractivity contribution is -0.130. The summed E-state index contributed by atoms with van der Waals surface area (Å²) in [7, 11) is 0. The van der Waals surface area contributed by atoms with Gasteiger partial charge in [-0.3, -0.25) is 33.3 Å². The molecule has 2 aromatic carbocycles. The first-order valence-corrected chi connectivity index (χ1v) is 12.3. The van der Waals surface area contributed by atoms with Crippen molar-refractivity contribution in [3.8, 4) is 0 Å². The van der Waals surface area contributed by atoms with Gasteiger partial charge in [0.05, 0.1) is 16.8 Å². The zero-order chi connectivity index (χ0) is 24.7. The van der Waals surface area contributed by atoms with E-state index in [0.29, 0.717) is 5.58 Å². The Morgan fingerprint density at radius 3 is 2.46 bits per heavy atom. The van der Waals surface area contributed by atoms with E-state index in [2.05, 4.69) is 0 Å². The molecule has 3 amide bonds. The molecule has 2 heterocycles. The minimum atomic E-state index is -2.67. The zero-order valence-electron chi connectivity index (χ0n) is 18.6. The van der Waals surface area contributed by atoms with Gasteiger partial charge in [-0.15, -0.1) is 0 Å². The Hall–Kier alpha value is -3.54. The summed E-state index contributed by atoms with van der Waals surface area (Å²) in [5, 5.41) is 10.2. The fourth-order valence-corrected chi connectivity index (χ4v) is 5.60. The van der Waals surface area contributed by atoms with Crippen molar-refractivity contribution in [1.82, 2.24) is 10.4 Å². The van der Waals surface area contributed by atoms with E-state index in [1.54, 1.807) is 42.5 Å². The summed E-state index contributed by atoms with van der Waals surface area (Å²) in [6, 6.07) is 10.0. The molecule has 182 valence electrons. The predicted octanol–water partition coefficient (Wildman–Crippen LogP) is 2.82. The van der Waals surface area contributed by atoms with E-state index < -0.39 is 35.0 Å². The van der Waals surface area contributed by atoms with Crippen LogP contribution in [0.5, 0.6) is 0 Å². The van der Waals surface area contributed by atoms with E-state index >= 15 is 0 Å². The van der Waals surface area contributed by atoms with Crippen molar-refractivity contribution in [3.63, 3.8) is 0 Å². The van der Waals surface area contributed by atoms with Crippen molar-refractivity contribution < 1.29 is 32.8 Å². The van der Waals surface area contributed by atoms with Crippen LogP contribution in [0.25, 0.3) is 11.0 Å². The van der Waals surface area contributed by atoms with E-state index in [4.69, 9.17) is 4.42 Å². The number of rotatable bonds is 7. The van der Waals surface area contributed by atoms with Crippen molar-refractivity contribution in [2.75, 3.05) is 10.8 Å². The number of carbonyl (C=O) groups excluding carboxylic acids is 3. The lowest BCUT2D eigenvalue weighted by atomic mass is 9.96. The van der Waals surface area contributed by atoms with Crippen LogP contribution in [0.4, 0.5) is 5.69 Å². The Morgan fingerprint density at radius 1 is 1.11 bits per heavy atom. The van der Waals surface area contributed by atoms with Gasteiger partial charge in [0.2, 0.25) is 0 Å². The smallest absolute Gasteiger partial charge is 0.267 e. The zero-order valence-corrected chi connectivity index (χ0v) is 19.4. The molecule has 11 heteroatoms. The van der Waals surface area contributed by atoms with Gasteiger partial charge in [-0.2, -0.15) is 0 Å². The summed E-state index contributed by atoms with van der Waals surface area (Å²) in [5.74, 6) is -1.07. The third-order valence-electron chi connectivity index (χ3n) is 6.56. The van der Waals surface area contributed by atoms with E-state index in [9.17, 15) is 28.4 Å². The summed E-state index contributed by atoms with van der Waals surface area (Å²) >= 11 is -2.67. The first kappa shape index (κ1) is 23.2. The minimum Gasteiger partial charge on any atom is -0.461 e. The second-order valence-corrected chi connectivity index (χ2v) is 9.39. The number of hydrogen-bond donors (Lipinski definition) is 3. The quantitative estimate of drug-likeness (QED) is 0.197. The second kappa shape index (κ2) is 9.25. The highest BCUT2D eigenvalue weighted by Gasteiger charge is 2.37. The first-order valence-electron chi connectivity index (χ1n) is 11.2. The minimum absolute atomic E-state index is 0.198. The third kappa shape index (κ3) is 4.01. The predicted molar refractivity (Wildman–Crippen MR) is 126 cm³/mol. The number of imide groups is 1. The number of hydroxylamine groups is 1. The van der Waals surface area contributed by atoms with Crippen molar-refractivity contribution in [2.24, 2.45) is 0 Å². The number of hydrogen-bond acceptors (Lipinski definition) is 6. The number of anilines is 1. The van der Waals surface area contributed by atoms with Gasteiger partial charge in [0.1, 0.15) is 17.4 Å². The summed E-state index contributed by atoms with van der Waals surface area (Å²) in [6.45, 7) is -0.199. The van der Waals surface area contributed by atoms with Crippen LogP contribution in [-0.4, -0.2) is 49.2 Å². The van der Waals surface area contributed by atoms with Crippen LogP contribution in [-0.2, 0) is 28.9 Å². The molecular formula is C24H23N3O7S. The lowest BCUT2D eigenvalue weighted by Crippen LogP contribution is -2.49. The molecule has 0 saturated carbocycles. The number of furan rings is 1. The molecule has 0 bridgehead atoms. The molecule has 3 N–H and O–H groups in total. The van der Waals surface area contributed by atoms with E-state index in [1.165, 1.54) is 5.48 Å². The van der Waals surface area contributed by atoms with Crippen LogP contribution in [0.1, 0.15) is 51.3 Å². The Kier molecular flexibility index (Phi) is 6.13. The Balaban J connectivity index is 1.44. The fraction of sp³-hybridized carbons (Fsp3) is 0.292. The SMILES string of the molecule is O=C(NO)C(CCN1C(=O)c2ccccc2C1=O)N(c1ccc2c3c(oc2c1)CCCC3)S(=O)O. The van der Waals surface area contributed by atoms with Gasteiger partial charge >= 0.3 is 0 Å². The molecule has 5 rings (SSSR count). The van der Waals surface area contributed by atoms with Gasteiger partial charge in [-0.1, -0.05) is 12.1 Å². The topological polar surface area (TPSA) is 140 Å². The standard InChI is InChI=1S/C24H23N3O7S/c28-22(25-31)19(11-12-26-23(29)17-6-1-2-7-18(17)24(26)30)27(35(32)33)14-9-10-16-15-5-3-4-8-20(15)34-21(16)13-14/h1-2,6-7,9-10,13,19,31H,3-5,8,11-12H2,(H,25,28)(H,32,33). The highest BCUT2D eigenvalue weighted by Crippen LogP contribution is 2.35. The van der Waals surface area contributed by atoms with Crippen LogP contribution in [0.15, 0.2) is 46.9 Å². The maximum absolute atomic E-state index is 12.7. The lowest BCUT2D eigenvalue weighted by Gasteiger charge is -2.29. The molecule has 10 nitrogen and oxygen atoms in total. The summed E-state index contributed by atoms with van der Waals surface area (Å²) < 4.78 is 29.4. The summed E-state index contributed by atoms with van der Waals surface area (Å²) in [6.07, 6.45) is 3.62. The maximum Gasteiger partial charge on any atom is 0.267 e. The highest BCUT2D eigenvalue weighted by molar-refractivity contribution is 7.80. The van der Waals surface area contributed by atoms with Crippen molar-refractivity contribution in [2.45, 2.75) is 38.1 Å². The van der Waals surface area contributed by atoms with Gasteiger partial charge in [-0.25, -0.2) is 9.69 Å². The number of amides is 3. The van der Waals surface area contributed by atoms with E-state index in [0.717, 1.165) is 51.6 Å². The second-order valence-electron chi connectivity index (χ2n) is 8.54. The molecule has 35 heavy (non-hydrogen) atoms. The maximum atomic E-state index is 12.7. The van der Waals surface area contributed by atoms with Crippen molar-refractivity contribution in [3.05, 3.63) is 64.9 Å². The fourth-order valence-electron chi connectivity index (χ4n) is 4.89. The Labute approximate surface area is 202 Å². The molecule has 2 aliphatic rings. The summed E-state index contributed by atoms with van der Waals surface area (Å²) in [5.41, 5.74) is 3.93. The van der Waals surface area contributed by atoms with E-state index in [1.807, 2.05) is 0 Å². The van der Waals surface area contributed by atoms with Crippen LogP contribution in [0, 0.1) is 0 Å². The number of benzene rings is 2. The first-order chi connectivity index (χ1) is 16.9. The van der Waals surface area contributed by atoms with Gasteiger partial charge < -0.3 is 4.42 Å². The molecule has 1 aromatic heterocycles. The van der Waals surface area contributed by atoms with E-state index in [-0.39, 0.29) is 29.8 Å². The van der Waals surface area contributed by atoms with Crippen LogP contribution in [0.3, 0.4) is 0 Å². The molecule has 0 spiro atoms. The molecule has 0 saturated heterocycles. The van der Waals surface area contributed by atoms with Gasteiger partial charge in [0.15, 0.2) is 0 Å². The number of nitrogens with one attached hydrogen (secondary N) is 1. The monoisotopic (exact) mass is 497 g/mol. The van der Waals surface area contributed by atoms with Crippen molar-refractivity contribution in [1.29, 1.82) is 0 Å². The number of aryl methyl sites for hydroxylation is 2. The molecule has 2 atom stereocenters. The number of fused-ring (bicyclic) bond motifs is 4. The molecule has 3 aromatic rings. The van der Waals surface area contributed by atoms with Gasteiger partial charge in [-0.05, 0) is 49.9 Å². The average molecular weight is 498 g/mol. The molecule has 1 aliphatic carbocycles. The Morgan fingerprint density at radius 2 is 1.80 bits per heavy atom. The molecule has 1 aliphatic heterocycles. The average Bonchev–Trinajstić information content (AvgIpc) is 3.35. The van der Waals surface area contributed by atoms with Gasteiger partial charge in [0.25, 0.3) is 29.0 Å². The van der Waals surface area contributed by atoms with Crippen LogP contribution < -0.4 is 9.79 Å². The normalized spacial score (nSPS) is 16.7. The number of carbonyl (C=O) groups is 3. The molecule has 0 fully saturated rings. The number of nitrogens with zero attached hydrogens (tertiary/aromatic N) is 2. The summed E-state index contributed by atoms with van der Waals surface area (Å²) in [4.78, 5) is 39.0. The molecule has 2 unspecified atom stereocenters. The van der Waals surface area contributed by atoms with Crippen LogP contribution >= 0.6 is 0 Å².